The topological polar surface area (TPSA) is 98.9 Å². The van der Waals surface area contributed by atoms with Gasteiger partial charge >= 0.3 is 0 Å². The maximum Gasteiger partial charge on any atom is 0.218 e. The highest BCUT2D eigenvalue weighted by atomic mass is 32.1. The molecule has 0 bridgehead atoms. The molecule has 8 nitrogen and oxygen atoms in total. The molecule has 2 atom stereocenters. The second-order valence-corrected chi connectivity index (χ2v) is 8.00. The van der Waals surface area contributed by atoms with Crippen LogP contribution in [0.1, 0.15) is 61.5 Å². The van der Waals surface area contributed by atoms with Crippen molar-refractivity contribution in [2.45, 2.75) is 59.9 Å². The Labute approximate surface area is 176 Å². The average Bonchev–Trinajstić information content (AvgIpc) is 3.13. The van der Waals surface area contributed by atoms with E-state index >= 15 is 0 Å². The van der Waals surface area contributed by atoms with E-state index in [1.54, 1.807) is 17.6 Å². The van der Waals surface area contributed by atoms with Crippen LogP contribution in [0.5, 0.6) is 5.88 Å². The van der Waals surface area contributed by atoms with Crippen LogP contribution in [0.15, 0.2) is 16.7 Å². The maximum atomic E-state index is 5.86. The molecule has 1 fully saturated rings. The monoisotopic (exact) mass is 418 g/mol. The Balaban J connectivity index is 0.00000104. The Hall–Kier alpha value is -2.55. The molecule has 1 saturated carbocycles. The molecule has 158 valence electrons. The Bertz CT molecular complexity index is 932. The summed E-state index contributed by atoms with van der Waals surface area (Å²) in [6.07, 6.45) is 3.89. The van der Waals surface area contributed by atoms with Gasteiger partial charge in [0.05, 0.1) is 18.8 Å². The Morgan fingerprint density at radius 2 is 2.03 bits per heavy atom. The van der Waals surface area contributed by atoms with Gasteiger partial charge in [-0.3, -0.25) is 0 Å². The van der Waals surface area contributed by atoms with Crippen molar-refractivity contribution in [3.8, 4) is 5.88 Å². The van der Waals surface area contributed by atoms with E-state index in [2.05, 4.69) is 30.5 Å². The summed E-state index contributed by atoms with van der Waals surface area (Å²) in [4.78, 5) is 13.2. The summed E-state index contributed by atoms with van der Waals surface area (Å²) < 4.78 is 11.2. The zero-order valence-corrected chi connectivity index (χ0v) is 18.4. The van der Waals surface area contributed by atoms with E-state index in [1.165, 1.54) is 0 Å². The standard InChI is InChI=1S/C18H22N6O2S.C2H6.H2/c1-10-20-16(19-8-18-24-23-12(3)27-18)7-17(21-10)25-5-4-13-6-14(13)15-9-26-11(2)22-15;1-2;/h7,9,13-14H,4-6,8H2,1-3H3,(H,19,20,21);1-2H3;1H/t13-,14-;;/m0../s1. The number of hydrogen-bond donors (Lipinski definition) is 1. The van der Waals surface area contributed by atoms with Gasteiger partial charge in [-0.15, -0.1) is 10.2 Å². The Morgan fingerprint density at radius 1 is 1.21 bits per heavy atom. The van der Waals surface area contributed by atoms with Gasteiger partial charge in [0.25, 0.3) is 0 Å². The van der Waals surface area contributed by atoms with E-state index in [9.17, 15) is 0 Å². The molecule has 0 radical (unpaired) electrons. The number of ether oxygens (including phenoxy) is 1. The van der Waals surface area contributed by atoms with Gasteiger partial charge < -0.3 is 14.5 Å². The third-order valence-corrected chi connectivity index (χ3v) is 5.32. The molecule has 3 aromatic heterocycles. The number of aromatic nitrogens is 5. The van der Waals surface area contributed by atoms with Crippen molar-refractivity contribution < 1.29 is 10.6 Å². The molecule has 0 amide bonds. The first-order valence-corrected chi connectivity index (χ1v) is 10.8. The van der Waals surface area contributed by atoms with Crippen molar-refractivity contribution in [3.63, 3.8) is 0 Å². The van der Waals surface area contributed by atoms with Gasteiger partial charge in [-0.25, -0.2) is 9.97 Å². The minimum absolute atomic E-state index is 0. The highest BCUT2D eigenvalue weighted by Crippen LogP contribution is 2.49. The zero-order valence-electron chi connectivity index (χ0n) is 17.6. The summed E-state index contributed by atoms with van der Waals surface area (Å²) in [5, 5.41) is 13.3. The van der Waals surface area contributed by atoms with E-state index in [0.717, 1.165) is 40.3 Å². The van der Waals surface area contributed by atoms with Crippen LogP contribution in [0.25, 0.3) is 0 Å². The van der Waals surface area contributed by atoms with Crippen LogP contribution >= 0.6 is 11.3 Å². The zero-order chi connectivity index (χ0) is 20.8. The van der Waals surface area contributed by atoms with E-state index in [1.807, 2.05) is 40.7 Å². The molecule has 1 aliphatic carbocycles. The van der Waals surface area contributed by atoms with Crippen LogP contribution < -0.4 is 10.1 Å². The fourth-order valence-corrected chi connectivity index (χ4v) is 3.72. The minimum atomic E-state index is 0. The molecule has 29 heavy (non-hydrogen) atoms. The second kappa shape index (κ2) is 9.78. The lowest BCUT2D eigenvalue weighted by Gasteiger charge is -2.09. The second-order valence-electron chi connectivity index (χ2n) is 6.74. The molecule has 3 heterocycles. The Kier molecular flexibility index (Phi) is 7.13. The normalized spacial score (nSPS) is 17.4. The molecule has 0 aromatic carbocycles. The van der Waals surface area contributed by atoms with Gasteiger partial charge in [-0.1, -0.05) is 25.2 Å². The number of nitrogens with one attached hydrogen (secondary N) is 1. The van der Waals surface area contributed by atoms with Gasteiger partial charge in [0.1, 0.15) is 27.9 Å². The van der Waals surface area contributed by atoms with Crippen LogP contribution in [0.3, 0.4) is 0 Å². The number of rotatable bonds is 8. The van der Waals surface area contributed by atoms with Crippen molar-refractivity contribution in [2.24, 2.45) is 5.92 Å². The third-order valence-electron chi connectivity index (χ3n) is 4.48. The van der Waals surface area contributed by atoms with E-state index in [0.29, 0.717) is 36.7 Å². The molecule has 1 aliphatic rings. The highest BCUT2D eigenvalue weighted by Gasteiger charge is 2.39. The molecular weight excluding hydrogens is 388 g/mol. The van der Waals surface area contributed by atoms with Gasteiger partial charge in [-0.2, -0.15) is 4.98 Å². The molecule has 0 spiro atoms. The predicted octanol–water partition coefficient (Wildman–Crippen LogP) is 4.70. The SMILES string of the molecule is CC.Cc1nc(NCc2nnc(C)s2)cc(OCC[C@H]2C[C@@H]2c2coc(C)n2)n1.[HH]. The molecule has 4 rings (SSSR count). The quantitative estimate of drug-likeness (QED) is 0.562. The van der Waals surface area contributed by atoms with Gasteiger partial charge in [-0.05, 0) is 32.6 Å². The van der Waals surface area contributed by atoms with Crippen LogP contribution in [0, 0.1) is 26.7 Å². The molecule has 3 aromatic rings. The van der Waals surface area contributed by atoms with Crippen LogP contribution in [0.4, 0.5) is 5.82 Å². The summed E-state index contributed by atoms with van der Waals surface area (Å²) in [6.45, 7) is 10.9. The highest BCUT2D eigenvalue weighted by molar-refractivity contribution is 7.11. The van der Waals surface area contributed by atoms with Crippen LogP contribution in [0.2, 0.25) is 0 Å². The molecule has 1 N–H and O–H groups in total. The first-order chi connectivity index (χ1) is 14.1. The van der Waals surface area contributed by atoms with Crippen molar-refractivity contribution in [1.29, 1.82) is 0 Å². The summed E-state index contributed by atoms with van der Waals surface area (Å²) in [5.41, 5.74) is 1.06. The molecule has 0 aliphatic heterocycles. The molecule has 9 heteroatoms. The first-order valence-electron chi connectivity index (χ1n) is 10.00. The summed E-state index contributed by atoms with van der Waals surface area (Å²) in [7, 11) is 0. The summed E-state index contributed by atoms with van der Waals surface area (Å²) in [6, 6.07) is 1.83. The third kappa shape index (κ3) is 5.96. The number of oxazole rings is 1. The number of hydrogen-bond acceptors (Lipinski definition) is 9. The number of nitrogens with zero attached hydrogens (tertiary/aromatic N) is 5. The Morgan fingerprint density at radius 3 is 2.72 bits per heavy atom. The van der Waals surface area contributed by atoms with Crippen molar-refractivity contribution >= 4 is 17.2 Å². The lowest BCUT2D eigenvalue weighted by atomic mass is 10.2. The molecular formula is C20H30N6O2S. The van der Waals surface area contributed by atoms with Gasteiger partial charge in [0.15, 0.2) is 5.89 Å². The number of anilines is 1. The lowest BCUT2D eigenvalue weighted by molar-refractivity contribution is 0.289. The fraction of sp³-hybridized carbons (Fsp3) is 0.550. The van der Waals surface area contributed by atoms with Crippen LogP contribution in [-0.4, -0.2) is 31.8 Å². The van der Waals surface area contributed by atoms with Gasteiger partial charge in [0, 0.05) is 20.3 Å². The van der Waals surface area contributed by atoms with E-state index in [-0.39, 0.29) is 1.43 Å². The molecule has 0 unspecified atom stereocenters. The predicted molar refractivity (Wildman–Crippen MR) is 114 cm³/mol. The van der Waals surface area contributed by atoms with Crippen molar-refractivity contribution in [2.75, 3.05) is 11.9 Å². The summed E-state index contributed by atoms with van der Waals surface area (Å²) in [5.74, 6) is 3.83. The minimum Gasteiger partial charge on any atom is -0.478 e. The fourth-order valence-electron chi connectivity index (χ4n) is 3.07. The first kappa shape index (κ1) is 21.2. The van der Waals surface area contributed by atoms with Crippen LogP contribution in [-0.2, 0) is 6.54 Å². The van der Waals surface area contributed by atoms with Gasteiger partial charge in [0.2, 0.25) is 5.88 Å². The van der Waals surface area contributed by atoms with E-state index in [4.69, 9.17) is 9.15 Å². The number of aryl methyl sites for hydroxylation is 3. The average molecular weight is 419 g/mol. The van der Waals surface area contributed by atoms with Crippen molar-refractivity contribution in [3.05, 3.63) is 39.8 Å². The largest absolute Gasteiger partial charge is 0.478 e. The lowest BCUT2D eigenvalue weighted by Crippen LogP contribution is -2.06. The maximum absolute atomic E-state index is 5.86. The summed E-state index contributed by atoms with van der Waals surface area (Å²) >= 11 is 1.57. The smallest absolute Gasteiger partial charge is 0.218 e. The molecule has 0 saturated heterocycles. The van der Waals surface area contributed by atoms with Crippen molar-refractivity contribution in [1.82, 2.24) is 25.1 Å². The van der Waals surface area contributed by atoms with E-state index < -0.39 is 0 Å².